The van der Waals surface area contributed by atoms with E-state index in [0.717, 1.165) is 18.9 Å². The third-order valence-electron chi connectivity index (χ3n) is 2.72. The van der Waals surface area contributed by atoms with Gasteiger partial charge in [0.05, 0.1) is 6.10 Å². The van der Waals surface area contributed by atoms with Gasteiger partial charge in [0.15, 0.2) is 0 Å². The van der Waals surface area contributed by atoms with E-state index in [0.29, 0.717) is 11.3 Å². The van der Waals surface area contributed by atoms with Crippen molar-refractivity contribution in [3.63, 3.8) is 0 Å². The first-order chi connectivity index (χ1) is 6.41. The van der Waals surface area contributed by atoms with Gasteiger partial charge in [-0.15, -0.1) is 0 Å². The van der Waals surface area contributed by atoms with Crippen LogP contribution in [0.5, 0.6) is 0 Å². The van der Waals surface area contributed by atoms with Crippen LogP contribution in [0.25, 0.3) is 0 Å². The van der Waals surface area contributed by atoms with E-state index < -0.39 is 0 Å². The molecule has 0 spiro atoms. The molecule has 1 nitrogen and oxygen atoms in total. The summed E-state index contributed by atoms with van der Waals surface area (Å²) >= 11 is 5.07. The molecule has 0 amide bonds. The van der Waals surface area contributed by atoms with Gasteiger partial charge in [0, 0.05) is 0 Å². The number of hydrogen-bond donors (Lipinski definition) is 1. The Balaban J connectivity index is 0.000000500. The third kappa shape index (κ3) is 7.94. The fourth-order valence-corrected chi connectivity index (χ4v) is 1.78. The quantitative estimate of drug-likeness (QED) is 0.419. The molecule has 1 atom stereocenters. The first-order valence-electron chi connectivity index (χ1n) is 4.84. The zero-order chi connectivity index (χ0) is 11.2. The van der Waals surface area contributed by atoms with E-state index in [9.17, 15) is 5.11 Å². The van der Waals surface area contributed by atoms with Crippen LogP contribution in [0.15, 0.2) is 0 Å². The molecule has 0 heterocycles. The molecule has 14 heavy (non-hydrogen) atoms. The first-order valence-corrected chi connectivity index (χ1v) is 19.9. The van der Waals surface area contributed by atoms with E-state index in [1.807, 2.05) is 0 Å². The molecule has 0 aromatic carbocycles. The van der Waals surface area contributed by atoms with Gasteiger partial charge >= 0.3 is 54.0 Å². The molecule has 1 radical (unpaired) electrons. The van der Waals surface area contributed by atoms with Crippen LogP contribution < -0.4 is 0 Å². The van der Waals surface area contributed by atoms with Crippen LogP contribution in [0.4, 0.5) is 0 Å². The van der Waals surface area contributed by atoms with Crippen LogP contribution in [0, 0.1) is 42.9 Å². The van der Waals surface area contributed by atoms with Crippen molar-refractivity contribution in [2.75, 3.05) is 0 Å². The van der Waals surface area contributed by atoms with E-state index >= 15 is 0 Å². The molecule has 1 aliphatic carbocycles. The molecule has 0 aromatic rings. The summed E-state index contributed by atoms with van der Waals surface area (Å²) in [6.45, 7) is 6.78. The fourth-order valence-electron chi connectivity index (χ4n) is 1.78. The van der Waals surface area contributed by atoms with Crippen molar-refractivity contribution in [2.24, 2.45) is 11.3 Å². The standard InChI is InChI=1S/C10H19O.2HI.Sm/c1-10(2,3)8-5-4-6-9(11)7-8;;;/h8,11H,4-7H2,1-3H3;2*1H;/q;;;+2/p-2. The monoisotopic (exact) mass is 561 g/mol. The zero-order valence-corrected chi connectivity index (χ0v) is 16.0. The van der Waals surface area contributed by atoms with Gasteiger partial charge in [-0.3, -0.25) is 0 Å². The van der Waals surface area contributed by atoms with Gasteiger partial charge in [0.2, 0.25) is 0 Å². The maximum atomic E-state index is 9.36. The summed E-state index contributed by atoms with van der Waals surface area (Å²) in [5, 5.41) is 9.36. The Kier molecular flexibility index (Phi) is 10.5. The Bertz CT molecular complexity index is 148. The summed E-state index contributed by atoms with van der Waals surface area (Å²) in [4.78, 5) is 0. The molecule has 0 aromatic heterocycles. The van der Waals surface area contributed by atoms with Crippen molar-refractivity contribution < 1.29 is 30.6 Å². The van der Waals surface area contributed by atoms with Crippen molar-refractivity contribution in [3.05, 3.63) is 6.10 Å². The van der Waals surface area contributed by atoms with Crippen LogP contribution in [0.3, 0.4) is 0 Å². The predicted molar refractivity (Wildman–Crippen MR) is 74.6 cm³/mol. The van der Waals surface area contributed by atoms with E-state index in [-0.39, 0.29) is 25.5 Å². The molecule has 1 saturated carbocycles. The number of rotatable bonds is 0. The molecule has 1 N–H and O–H groups in total. The topological polar surface area (TPSA) is 20.2 Å². The molecular formula is C10H19I2OSm. The molecule has 0 aliphatic heterocycles. The average molecular weight is 559 g/mol. The van der Waals surface area contributed by atoms with E-state index in [1.165, 1.54) is 12.8 Å². The molecule has 0 bridgehead atoms. The molecular weight excluding hydrogens is 540 g/mol. The van der Waals surface area contributed by atoms with Crippen molar-refractivity contribution >= 4 is 28.6 Å². The Labute approximate surface area is 120 Å². The maximum absolute atomic E-state index is 9.36. The van der Waals surface area contributed by atoms with Crippen molar-refractivity contribution in [2.45, 2.75) is 46.5 Å². The average Bonchev–Trinajstić information content (AvgIpc) is 2.04. The summed E-state index contributed by atoms with van der Waals surface area (Å²) < 4.78 is 0. The first kappa shape index (κ1) is 16.8. The molecule has 0 saturated heterocycles. The van der Waals surface area contributed by atoms with Gasteiger partial charge in [-0.05, 0) is 30.6 Å². The van der Waals surface area contributed by atoms with Gasteiger partial charge < -0.3 is 5.11 Å². The molecule has 1 unspecified atom stereocenters. The Hall–Kier alpha value is 2.76. The predicted octanol–water partition coefficient (Wildman–Crippen LogP) is 4.90. The number of aliphatic hydroxyl groups excluding tert-OH is 1. The van der Waals surface area contributed by atoms with Crippen LogP contribution in [0.1, 0.15) is 46.5 Å². The second kappa shape index (κ2) is 8.79. The van der Waals surface area contributed by atoms with E-state index in [1.54, 1.807) is 0 Å². The Morgan fingerprint density at radius 3 is 2.14 bits per heavy atom. The second-order valence-corrected chi connectivity index (χ2v) is 24.2. The van der Waals surface area contributed by atoms with Gasteiger partial charge in [-0.2, -0.15) is 0 Å². The normalized spacial score (nSPS) is 24.0. The van der Waals surface area contributed by atoms with E-state index in [4.69, 9.17) is 0 Å². The molecule has 4 heteroatoms. The summed E-state index contributed by atoms with van der Waals surface area (Å²) in [7, 11) is 0. The van der Waals surface area contributed by atoms with Crippen LogP contribution >= 0.6 is 28.6 Å². The Morgan fingerprint density at radius 1 is 1.36 bits per heavy atom. The van der Waals surface area contributed by atoms with Gasteiger partial charge in [-0.1, -0.05) is 27.2 Å². The van der Waals surface area contributed by atoms with Crippen molar-refractivity contribution in [1.29, 1.82) is 0 Å². The summed E-state index contributed by atoms with van der Waals surface area (Å²) in [6, 6.07) is 0. The number of aliphatic hydroxyl groups is 1. The minimum atomic E-state index is 0.190. The van der Waals surface area contributed by atoms with Gasteiger partial charge in [0.1, 0.15) is 0 Å². The van der Waals surface area contributed by atoms with Crippen LogP contribution in [-0.2, 0) is 0 Å². The Morgan fingerprint density at radius 2 is 1.86 bits per heavy atom. The zero-order valence-electron chi connectivity index (χ0n) is 9.02. The van der Waals surface area contributed by atoms with Crippen LogP contribution in [-0.4, -0.2) is 5.11 Å². The van der Waals surface area contributed by atoms with Gasteiger partial charge in [-0.25, -0.2) is 0 Å². The SMILES string of the molecule is CC(C)(C)C1CCC[C](O)C1.[I][Sm][I]. The number of hydrogen-bond acceptors (Lipinski definition) is 1. The number of halogens is 2. The molecule has 1 aliphatic rings. The van der Waals surface area contributed by atoms with Crippen LogP contribution in [0.2, 0.25) is 0 Å². The second-order valence-electron chi connectivity index (χ2n) is 4.78. The van der Waals surface area contributed by atoms with E-state index in [2.05, 4.69) is 49.3 Å². The molecule has 1 fully saturated rings. The van der Waals surface area contributed by atoms with Crippen molar-refractivity contribution in [1.82, 2.24) is 0 Å². The third-order valence-corrected chi connectivity index (χ3v) is 2.72. The minimum absolute atomic E-state index is 0.190. The summed E-state index contributed by atoms with van der Waals surface area (Å²) in [5.41, 5.74) is 0.369. The molecule has 85 valence electrons. The van der Waals surface area contributed by atoms with Crippen molar-refractivity contribution in [3.8, 4) is 0 Å². The summed E-state index contributed by atoms with van der Waals surface area (Å²) in [5.74, 6) is 0.691. The molecule has 1 rings (SSSR count). The summed E-state index contributed by atoms with van der Waals surface area (Å²) in [6.07, 6.45) is 5.05. The van der Waals surface area contributed by atoms with Gasteiger partial charge in [0.25, 0.3) is 0 Å². The fraction of sp³-hybridized carbons (Fsp3) is 0.900.